The average Bonchev–Trinajstić information content (AvgIpc) is 2.14. The Morgan fingerprint density at radius 3 is 2.87 bits per heavy atom. The first-order valence-corrected chi connectivity index (χ1v) is 5.86. The molecule has 1 aliphatic heterocycles. The Hall–Kier alpha value is -1.23. The molecular formula is C10H13N3OS. The van der Waals surface area contributed by atoms with Crippen molar-refractivity contribution in [3.8, 4) is 0 Å². The summed E-state index contributed by atoms with van der Waals surface area (Å²) in [7, 11) is 0. The molecule has 0 spiro atoms. The van der Waals surface area contributed by atoms with Gasteiger partial charge in [0.2, 0.25) is 5.91 Å². The van der Waals surface area contributed by atoms with E-state index in [0.717, 1.165) is 24.4 Å². The Morgan fingerprint density at radius 2 is 2.33 bits per heavy atom. The van der Waals surface area contributed by atoms with Gasteiger partial charge in [0.1, 0.15) is 5.82 Å². The molecule has 80 valence electrons. The number of nitrogens with zero attached hydrogens (tertiary/aromatic N) is 2. The zero-order valence-corrected chi connectivity index (χ0v) is 9.17. The van der Waals surface area contributed by atoms with Crippen LogP contribution in [0.4, 0.5) is 5.82 Å². The molecule has 1 amide bonds. The van der Waals surface area contributed by atoms with E-state index in [1.165, 1.54) is 11.8 Å². The van der Waals surface area contributed by atoms with Gasteiger partial charge in [-0.15, -0.1) is 11.8 Å². The highest BCUT2D eigenvalue weighted by Crippen LogP contribution is 2.19. The predicted octanol–water partition coefficient (Wildman–Crippen LogP) is 0.988. The third kappa shape index (κ3) is 2.62. The van der Waals surface area contributed by atoms with Crippen molar-refractivity contribution in [2.75, 3.05) is 24.6 Å². The van der Waals surface area contributed by atoms with Crippen LogP contribution in [-0.2, 0) is 4.79 Å². The van der Waals surface area contributed by atoms with E-state index >= 15 is 0 Å². The topological polar surface area (TPSA) is 59.2 Å². The largest absolute Gasteiger partial charge is 0.384 e. The smallest absolute Gasteiger partial charge is 0.232 e. The lowest BCUT2D eigenvalue weighted by Crippen LogP contribution is -2.42. The number of amides is 1. The van der Waals surface area contributed by atoms with Crippen LogP contribution >= 0.6 is 11.8 Å². The fourth-order valence-corrected chi connectivity index (χ4v) is 2.04. The second kappa shape index (κ2) is 4.53. The summed E-state index contributed by atoms with van der Waals surface area (Å²) in [6, 6.07) is 3.63. The molecule has 2 heterocycles. The Kier molecular flexibility index (Phi) is 3.11. The number of nitrogens with two attached hydrogens (primary N) is 1. The fraction of sp³-hybridized carbons (Fsp3) is 0.400. The number of aromatic nitrogens is 1. The van der Waals surface area contributed by atoms with Gasteiger partial charge in [-0.25, -0.2) is 4.98 Å². The molecular weight excluding hydrogens is 210 g/mol. The maximum atomic E-state index is 11.5. The van der Waals surface area contributed by atoms with Gasteiger partial charge in [-0.1, -0.05) is 0 Å². The van der Waals surface area contributed by atoms with E-state index in [-0.39, 0.29) is 5.91 Å². The van der Waals surface area contributed by atoms with Crippen molar-refractivity contribution in [3.63, 3.8) is 0 Å². The third-order valence-electron chi connectivity index (χ3n) is 2.33. The average molecular weight is 223 g/mol. The highest BCUT2D eigenvalue weighted by molar-refractivity contribution is 8.00. The molecule has 1 fully saturated rings. The maximum absolute atomic E-state index is 11.5. The van der Waals surface area contributed by atoms with Gasteiger partial charge in [0.05, 0.1) is 5.75 Å². The number of hydrogen-bond acceptors (Lipinski definition) is 4. The minimum Gasteiger partial charge on any atom is -0.384 e. The van der Waals surface area contributed by atoms with Crippen molar-refractivity contribution >= 4 is 23.5 Å². The van der Waals surface area contributed by atoms with E-state index in [0.29, 0.717) is 11.6 Å². The molecule has 1 saturated heterocycles. The number of carbonyl (C=O) groups is 1. The first-order chi connectivity index (χ1) is 7.25. The normalized spacial score (nSPS) is 14.8. The summed E-state index contributed by atoms with van der Waals surface area (Å²) in [4.78, 5) is 18.4. The van der Waals surface area contributed by atoms with Crippen molar-refractivity contribution in [2.45, 2.75) is 11.3 Å². The number of pyridine rings is 1. The second-order valence-corrected chi connectivity index (χ2v) is 4.49. The zero-order chi connectivity index (χ0) is 10.7. The van der Waals surface area contributed by atoms with Gasteiger partial charge in [0, 0.05) is 24.2 Å². The van der Waals surface area contributed by atoms with Crippen LogP contribution in [0.2, 0.25) is 0 Å². The number of thioether (sulfide) groups is 1. The highest BCUT2D eigenvalue weighted by atomic mass is 32.2. The Labute approximate surface area is 92.9 Å². The molecule has 0 saturated carbocycles. The molecule has 0 aliphatic carbocycles. The number of nitrogen functional groups attached to an aromatic ring is 1. The summed E-state index contributed by atoms with van der Waals surface area (Å²) in [6.07, 6.45) is 2.84. The van der Waals surface area contributed by atoms with Gasteiger partial charge < -0.3 is 10.6 Å². The second-order valence-electron chi connectivity index (χ2n) is 3.44. The van der Waals surface area contributed by atoms with Gasteiger partial charge in [-0.2, -0.15) is 0 Å². The number of carbonyl (C=O) groups excluding carboxylic acids is 1. The summed E-state index contributed by atoms with van der Waals surface area (Å²) < 4.78 is 0. The molecule has 1 aromatic heterocycles. The Bertz CT molecular complexity index is 348. The van der Waals surface area contributed by atoms with Crippen LogP contribution in [0.1, 0.15) is 6.42 Å². The van der Waals surface area contributed by atoms with Gasteiger partial charge in [0.15, 0.2) is 0 Å². The summed E-state index contributed by atoms with van der Waals surface area (Å²) in [6.45, 7) is 1.83. The van der Waals surface area contributed by atoms with Gasteiger partial charge in [0.25, 0.3) is 0 Å². The first-order valence-electron chi connectivity index (χ1n) is 4.88. The lowest BCUT2D eigenvalue weighted by Gasteiger charge is -2.30. The van der Waals surface area contributed by atoms with E-state index in [2.05, 4.69) is 4.98 Å². The van der Waals surface area contributed by atoms with Gasteiger partial charge in [-0.3, -0.25) is 4.79 Å². The molecule has 2 rings (SSSR count). The van der Waals surface area contributed by atoms with Gasteiger partial charge in [-0.05, 0) is 18.6 Å². The number of anilines is 1. The van der Waals surface area contributed by atoms with E-state index < -0.39 is 0 Å². The molecule has 0 atom stereocenters. The lowest BCUT2D eigenvalue weighted by molar-refractivity contribution is -0.131. The maximum Gasteiger partial charge on any atom is 0.232 e. The summed E-state index contributed by atoms with van der Waals surface area (Å²) in [5.41, 5.74) is 5.47. The fourth-order valence-electron chi connectivity index (χ4n) is 1.28. The predicted molar refractivity (Wildman–Crippen MR) is 60.6 cm³/mol. The molecule has 0 bridgehead atoms. The van der Waals surface area contributed by atoms with Crippen LogP contribution in [0, 0.1) is 0 Å². The first kappa shape index (κ1) is 10.3. The summed E-state index contributed by atoms with van der Waals surface area (Å²) >= 11 is 1.51. The Balaban J connectivity index is 1.82. The van der Waals surface area contributed by atoms with Crippen molar-refractivity contribution in [1.82, 2.24) is 9.88 Å². The summed E-state index contributed by atoms with van der Waals surface area (Å²) in [5.74, 6) is 1.21. The van der Waals surface area contributed by atoms with Crippen LogP contribution in [0.5, 0.6) is 0 Å². The van der Waals surface area contributed by atoms with Crippen molar-refractivity contribution in [1.29, 1.82) is 0 Å². The molecule has 4 nitrogen and oxygen atoms in total. The molecule has 1 aromatic rings. The van der Waals surface area contributed by atoms with E-state index in [4.69, 9.17) is 5.73 Å². The van der Waals surface area contributed by atoms with E-state index in [1.54, 1.807) is 12.3 Å². The summed E-state index contributed by atoms with van der Waals surface area (Å²) in [5, 5.41) is 0. The molecule has 2 N–H and O–H groups in total. The van der Waals surface area contributed by atoms with Crippen LogP contribution in [0.15, 0.2) is 23.2 Å². The van der Waals surface area contributed by atoms with Crippen molar-refractivity contribution in [3.05, 3.63) is 18.3 Å². The van der Waals surface area contributed by atoms with Crippen molar-refractivity contribution < 1.29 is 4.79 Å². The van der Waals surface area contributed by atoms with Crippen LogP contribution in [-0.4, -0.2) is 34.6 Å². The van der Waals surface area contributed by atoms with Crippen molar-refractivity contribution in [2.24, 2.45) is 0 Å². The van der Waals surface area contributed by atoms with Crippen LogP contribution < -0.4 is 5.73 Å². The molecule has 15 heavy (non-hydrogen) atoms. The molecule has 0 unspecified atom stereocenters. The SMILES string of the molecule is Nc1ccc(SCC(=O)N2CCC2)cn1. The quantitative estimate of drug-likeness (QED) is 0.776. The Morgan fingerprint density at radius 1 is 1.53 bits per heavy atom. The number of hydrogen-bond donors (Lipinski definition) is 1. The standard InChI is InChI=1S/C10H13N3OS/c11-9-3-2-8(6-12-9)15-7-10(14)13-4-1-5-13/h2-3,6H,1,4-5,7H2,(H2,11,12). The van der Waals surface area contributed by atoms with E-state index in [1.807, 2.05) is 11.0 Å². The minimum absolute atomic E-state index is 0.211. The van der Waals surface area contributed by atoms with Crippen LogP contribution in [0.25, 0.3) is 0 Å². The third-order valence-corrected chi connectivity index (χ3v) is 3.30. The molecule has 0 aromatic carbocycles. The zero-order valence-electron chi connectivity index (χ0n) is 8.35. The lowest BCUT2D eigenvalue weighted by atomic mass is 10.2. The van der Waals surface area contributed by atoms with E-state index in [9.17, 15) is 4.79 Å². The monoisotopic (exact) mass is 223 g/mol. The molecule has 5 heteroatoms. The van der Waals surface area contributed by atoms with Crippen LogP contribution in [0.3, 0.4) is 0 Å². The molecule has 1 aliphatic rings. The highest BCUT2D eigenvalue weighted by Gasteiger charge is 2.19. The number of likely N-dealkylation sites (tertiary alicyclic amines) is 1. The minimum atomic E-state index is 0.211. The van der Waals surface area contributed by atoms with Gasteiger partial charge >= 0.3 is 0 Å². The molecule has 0 radical (unpaired) electrons. The number of rotatable bonds is 3.